The van der Waals surface area contributed by atoms with Crippen molar-refractivity contribution in [2.24, 2.45) is 0 Å². The molecule has 1 aromatic rings. The summed E-state index contributed by atoms with van der Waals surface area (Å²) in [4.78, 5) is 25.4. The highest BCUT2D eigenvalue weighted by Gasteiger charge is 2.18. The highest BCUT2D eigenvalue weighted by atomic mass is 16.5. The molecule has 0 aromatic carbocycles. The van der Waals surface area contributed by atoms with Gasteiger partial charge in [0.2, 0.25) is 11.9 Å². The summed E-state index contributed by atoms with van der Waals surface area (Å²) in [6.45, 7) is 4.27. The van der Waals surface area contributed by atoms with E-state index in [1.165, 1.54) is 14.2 Å². The number of carbonyl (C=O) groups excluding carboxylic acids is 1. The maximum atomic E-state index is 11.9. The number of ether oxygens (including phenoxy) is 2. The fourth-order valence-corrected chi connectivity index (χ4v) is 1.33. The maximum absolute atomic E-state index is 11.9. The number of hydrogen-bond acceptors (Lipinski definition) is 7. The van der Waals surface area contributed by atoms with E-state index >= 15 is 0 Å². The Bertz CT molecular complexity index is 418. The lowest BCUT2D eigenvalue weighted by Gasteiger charge is -2.20. The molecule has 0 aliphatic carbocycles. The molecular weight excluding hydrogens is 250 g/mol. The van der Waals surface area contributed by atoms with Gasteiger partial charge in [-0.3, -0.25) is 4.79 Å². The van der Waals surface area contributed by atoms with E-state index in [-0.39, 0.29) is 23.9 Å². The summed E-state index contributed by atoms with van der Waals surface area (Å²) < 4.78 is 9.86. The minimum atomic E-state index is -0.457. The van der Waals surface area contributed by atoms with Gasteiger partial charge in [0, 0.05) is 13.6 Å². The zero-order chi connectivity index (χ0) is 14.4. The summed E-state index contributed by atoms with van der Waals surface area (Å²) >= 11 is 0. The molecule has 106 valence electrons. The number of amides is 1. The fourth-order valence-electron chi connectivity index (χ4n) is 1.33. The number of anilines is 1. The topological polar surface area (TPSA) is 89.5 Å². The van der Waals surface area contributed by atoms with Crippen LogP contribution in [0.3, 0.4) is 0 Å². The number of aromatic nitrogens is 3. The number of nitrogens with one attached hydrogen (secondary N) is 1. The van der Waals surface area contributed by atoms with Crippen molar-refractivity contribution in [3.8, 4) is 12.0 Å². The molecule has 8 heteroatoms. The predicted molar refractivity (Wildman–Crippen MR) is 69.3 cm³/mol. The van der Waals surface area contributed by atoms with Gasteiger partial charge in [-0.1, -0.05) is 0 Å². The molecule has 1 unspecified atom stereocenters. The number of methoxy groups -OCH3 is 2. The highest BCUT2D eigenvalue weighted by Crippen LogP contribution is 2.13. The molecule has 1 rings (SSSR count). The van der Waals surface area contributed by atoms with Gasteiger partial charge in [0.1, 0.15) is 6.04 Å². The molecule has 0 aliphatic heterocycles. The molecule has 1 N–H and O–H groups in total. The third-order valence-electron chi connectivity index (χ3n) is 2.53. The Morgan fingerprint density at radius 2 is 1.79 bits per heavy atom. The molecule has 0 spiro atoms. The van der Waals surface area contributed by atoms with E-state index in [4.69, 9.17) is 9.47 Å². The van der Waals surface area contributed by atoms with E-state index in [2.05, 4.69) is 20.3 Å². The van der Waals surface area contributed by atoms with Crippen LogP contribution in [0.1, 0.15) is 13.8 Å². The van der Waals surface area contributed by atoms with Crippen molar-refractivity contribution >= 4 is 11.9 Å². The van der Waals surface area contributed by atoms with Crippen LogP contribution in [-0.2, 0) is 4.79 Å². The number of nitrogens with zero attached hydrogens (tertiary/aromatic N) is 4. The van der Waals surface area contributed by atoms with Gasteiger partial charge in [-0.25, -0.2) is 0 Å². The monoisotopic (exact) mass is 269 g/mol. The lowest BCUT2D eigenvalue weighted by atomic mass is 10.3. The normalized spacial score (nSPS) is 11.6. The first-order valence-electron chi connectivity index (χ1n) is 5.87. The average molecular weight is 269 g/mol. The second-order valence-electron chi connectivity index (χ2n) is 3.85. The molecular formula is C11H19N5O3. The summed E-state index contributed by atoms with van der Waals surface area (Å²) in [7, 11) is 4.62. The Morgan fingerprint density at radius 1 is 1.26 bits per heavy atom. The summed E-state index contributed by atoms with van der Waals surface area (Å²) in [6.07, 6.45) is 0. The SMILES string of the molecule is CCN(C)C(=O)C(C)Nc1nc(OC)nc(OC)n1. The van der Waals surface area contributed by atoms with E-state index in [1.807, 2.05) is 6.92 Å². The lowest BCUT2D eigenvalue weighted by molar-refractivity contribution is -0.130. The van der Waals surface area contributed by atoms with Gasteiger partial charge in [0.05, 0.1) is 14.2 Å². The Kier molecular flexibility index (Phi) is 5.28. The Balaban J connectivity index is 2.83. The van der Waals surface area contributed by atoms with Gasteiger partial charge in [-0.15, -0.1) is 4.98 Å². The predicted octanol–water partition coefficient (Wildman–Crippen LogP) is 0.167. The largest absolute Gasteiger partial charge is 0.467 e. The van der Waals surface area contributed by atoms with Crippen LogP contribution in [-0.4, -0.2) is 59.6 Å². The van der Waals surface area contributed by atoms with Gasteiger partial charge in [-0.2, -0.15) is 9.97 Å². The van der Waals surface area contributed by atoms with Crippen LogP contribution in [0.2, 0.25) is 0 Å². The number of likely N-dealkylation sites (N-methyl/N-ethyl adjacent to an activating group) is 1. The Hall–Kier alpha value is -2.12. The van der Waals surface area contributed by atoms with Crippen LogP contribution in [0.4, 0.5) is 5.95 Å². The second-order valence-corrected chi connectivity index (χ2v) is 3.85. The number of hydrogen-bond donors (Lipinski definition) is 1. The second kappa shape index (κ2) is 6.72. The third-order valence-corrected chi connectivity index (χ3v) is 2.53. The van der Waals surface area contributed by atoms with Gasteiger partial charge >= 0.3 is 12.0 Å². The van der Waals surface area contributed by atoms with Gasteiger partial charge < -0.3 is 19.7 Å². The van der Waals surface area contributed by atoms with Crippen molar-refractivity contribution in [1.82, 2.24) is 19.9 Å². The lowest BCUT2D eigenvalue weighted by Crippen LogP contribution is -2.39. The molecule has 19 heavy (non-hydrogen) atoms. The van der Waals surface area contributed by atoms with E-state index < -0.39 is 6.04 Å². The van der Waals surface area contributed by atoms with E-state index in [0.717, 1.165) is 0 Å². The van der Waals surface area contributed by atoms with Crippen molar-refractivity contribution in [2.75, 3.05) is 33.1 Å². The quantitative estimate of drug-likeness (QED) is 0.787. The van der Waals surface area contributed by atoms with Crippen molar-refractivity contribution < 1.29 is 14.3 Å². The first-order valence-corrected chi connectivity index (χ1v) is 5.87. The van der Waals surface area contributed by atoms with Crippen molar-refractivity contribution in [3.05, 3.63) is 0 Å². The summed E-state index contributed by atoms with van der Waals surface area (Å²) in [5.74, 6) is 0.176. The van der Waals surface area contributed by atoms with Crippen molar-refractivity contribution in [1.29, 1.82) is 0 Å². The third kappa shape index (κ3) is 3.94. The van der Waals surface area contributed by atoms with Crippen LogP contribution in [0, 0.1) is 0 Å². The van der Waals surface area contributed by atoms with Gasteiger partial charge in [0.25, 0.3) is 0 Å². The zero-order valence-corrected chi connectivity index (χ0v) is 11.8. The average Bonchev–Trinajstić information content (AvgIpc) is 2.44. The van der Waals surface area contributed by atoms with E-state index in [0.29, 0.717) is 6.54 Å². The molecule has 1 atom stereocenters. The summed E-state index contributed by atoms with van der Waals surface area (Å²) in [5, 5.41) is 2.89. The maximum Gasteiger partial charge on any atom is 0.324 e. The zero-order valence-electron chi connectivity index (χ0n) is 11.8. The van der Waals surface area contributed by atoms with E-state index in [1.54, 1.807) is 18.9 Å². The smallest absolute Gasteiger partial charge is 0.324 e. The van der Waals surface area contributed by atoms with Crippen LogP contribution in [0.25, 0.3) is 0 Å². The summed E-state index contributed by atoms with van der Waals surface area (Å²) in [6, 6.07) is -0.211. The van der Waals surface area contributed by atoms with Crippen LogP contribution in [0.15, 0.2) is 0 Å². The molecule has 1 aromatic heterocycles. The van der Waals surface area contributed by atoms with Gasteiger partial charge in [0.15, 0.2) is 0 Å². The first kappa shape index (κ1) is 14.9. The van der Waals surface area contributed by atoms with E-state index in [9.17, 15) is 4.79 Å². The number of rotatable bonds is 6. The van der Waals surface area contributed by atoms with Crippen LogP contribution < -0.4 is 14.8 Å². The fraction of sp³-hybridized carbons (Fsp3) is 0.636. The van der Waals surface area contributed by atoms with Crippen LogP contribution >= 0.6 is 0 Å². The van der Waals surface area contributed by atoms with Gasteiger partial charge in [-0.05, 0) is 13.8 Å². The molecule has 0 radical (unpaired) electrons. The Morgan fingerprint density at radius 3 is 2.21 bits per heavy atom. The molecule has 0 bridgehead atoms. The number of carbonyl (C=O) groups is 1. The molecule has 1 amide bonds. The molecule has 0 saturated heterocycles. The Labute approximate surface area is 112 Å². The first-order chi connectivity index (χ1) is 9.01. The van der Waals surface area contributed by atoms with Crippen molar-refractivity contribution in [3.63, 3.8) is 0 Å². The molecule has 0 fully saturated rings. The minimum Gasteiger partial charge on any atom is -0.467 e. The molecule has 1 heterocycles. The molecule has 8 nitrogen and oxygen atoms in total. The minimum absolute atomic E-state index is 0.0548. The van der Waals surface area contributed by atoms with Crippen LogP contribution in [0.5, 0.6) is 12.0 Å². The van der Waals surface area contributed by atoms with Crippen molar-refractivity contribution in [2.45, 2.75) is 19.9 Å². The summed E-state index contributed by atoms with van der Waals surface area (Å²) in [5.41, 5.74) is 0. The molecule has 0 saturated carbocycles. The highest BCUT2D eigenvalue weighted by molar-refractivity contribution is 5.83. The molecule has 0 aliphatic rings. The standard InChI is InChI=1S/C11H19N5O3/c1-6-16(3)8(17)7(2)12-9-13-10(18-4)15-11(14-9)19-5/h7H,6H2,1-5H3,(H,12,13,14,15).